The van der Waals surface area contributed by atoms with Gasteiger partial charge in [0.25, 0.3) is 0 Å². The van der Waals surface area contributed by atoms with E-state index >= 15 is 0 Å². The number of nitrogen functional groups attached to an aromatic ring is 1. The smallest absolute Gasteiger partial charge is 0.405 e. The van der Waals surface area contributed by atoms with Crippen LogP contribution in [0.4, 0.5) is 5.82 Å². The Morgan fingerprint density at radius 3 is 2.77 bits per heavy atom. The van der Waals surface area contributed by atoms with Crippen molar-refractivity contribution in [2.24, 2.45) is 0 Å². The van der Waals surface area contributed by atoms with E-state index in [2.05, 4.69) is 15.0 Å². The lowest BCUT2D eigenvalue weighted by Crippen LogP contribution is -2.24. The molecular weight excluding hydrogens is 569 g/mol. The zero-order valence-electron chi connectivity index (χ0n) is 22.3. The largest absolute Gasteiger partial charge is 0.423 e. The van der Waals surface area contributed by atoms with Gasteiger partial charge in [-0.1, -0.05) is 63.5 Å². The van der Waals surface area contributed by atoms with Crippen LogP contribution in [0.15, 0.2) is 61.2 Å². The molecule has 0 aliphatic carbocycles. The van der Waals surface area contributed by atoms with Crippen molar-refractivity contribution in [1.82, 2.24) is 19.5 Å². The number of aliphatic hydroxyl groups is 1. The predicted octanol–water partition coefficient (Wildman–Crippen LogP) is 5.76. The molecule has 1 fully saturated rings. The van der Waals surface area contributed by atoms with Gasteiger partial charge in [0.1, 0.15) is 17.6 Å². The number of benzene rings is 2. The Balaban J connectivity index is 1.30. The van der Waals surface area contributed by atoms with E-state index in [0.29, 0.717) is 41.4 Å². The van der Waals surface area contributed by atoms with Gasteiger partial charge in [0.15, 0.2) is 17.8 Å². The van der Waals surface area contributed by atoms with Crippen LogP contribution in [0.2, 0.25) is 0 Å². The second-order valence-corrected chi connectivity index (χ2v) is 14.1. The van der Waals surface area contributed by atoms with E-state index in [1.165, 1.54) is 6.33 Å². The Kier molecular flexibility index (Phi) is 9.34. The topological polar surface area (TPSA) is 135 Å². The molecule has 4 atom stereocenters. The second kappa shape index (κ2) is 12.9. The van der Waals surface area contributed by atoms with E-state index in [1.807, 2.05) is 54.8 Å². The van der Waals surface area contributed by atoms with Crippen molar-refractivity contribution in [3.8, 4) is 5.75 Å². The number of aliphatic hydroxyl groups excluding tert-OH is 1. The highest BCUT2D eigenvalue weighted by molar-refractivity contribution is 8.76. The number of rotatable bonds is 11. The van der Waals surface area contributed by atoms with Gasteiger partial charge in [0.2, 0.25) is 0 Å². The zero-order chi connectivity index (χ0) is 28.1. The molecule has 3 unspecified atom stereocenters. The number of ether oxygens (including phenoxy) is 1. The Morgan fingerprint density at radius 1 is 1.18 bits per heavy atom. The van der Waals surface area contributed by atoms with Gasteiger partial charge in [-0.2, -0.15) is 0 Å². The van der Waals surface area contributed by atoms with Crippen molar-refractivity contribution in [3.63, 3.8) is 0 Å². The quantitative estimate of drug-likeness (QED) is 0.161. The van der Waals surface area contributed by atoms with Crippen molar-refractivity contribution in [2.45, 2.75) is 50.9 Å². The molecule has 2 aromatic carbocycles. The SMILES string of the molecule is Cc1ccc(OP(=O)(CO[C@H](C)Cn2cnc3c(N)ncnc32)OC2CSSC(c3ccccc3CO)C2)cc1. The van der Waals surface area contributed by atoms with E-state index in [1.54, 1.807) is 40.0 Å². The summed E-state index contributed by atoms with van der Waals surface area (Å²) in [6.45, 7) is 4.23. The molecule has 0 spiro atoms. The van der Waals surface area contributed by atoms with Crippen LogP contribution in [0, 0.1) is 6.92 Å². The molecule has 5 rings (SSSR count). The molecule has 10 nitrogen and oxygen atoms in total. The molecule has 13 heteroatoms. The summed E-state index contributed by atoms with van der Waals surface area (Å²) >= 11 is 0. The van der Waals surface area contributed by atoms with Gasteiger partial charge in [0, 0.05) is 11.0 Å². The van der Waals surface area contributed by atoms with Crippen LogP contribution in [0.3, 0.4) is 0 Å². The molecule has 4 aromatic rings. The Morgan fingerprint density at radius 2 is 1.98 bits per heavy atom. The minimum absolute atomic E-state index is 0.0327. The highest BCUT2D eigenvalue weighted by Crippen LogP contribution is 2.55. The van der Waals surface area contributed by atoms with Crippen LogP contribution in [0.1, 0.15) is 35.3 Å². The average molecular weight is 602 g/mol. The second-order valence-electron chi connectivity index (χ2n) is 9.64. The average Bonchev–Trinajstić information content (AvgIpc) is 3.37. The molecule has 3 heterocycles. The van der Waals surface area contributed by atoms with E-state index < -0.39 is 7.60 Å². The van der Waals surface area contributed by atoms with Crippen LogP contribution in [0.25, 0.3) is 11.2 Å². The van der Waals surface area contributed by atoms with Gasteiger partial charge in [-0.05, 0) is 43.5 Å². The number of aryl methyl sites for hydroxylation is 1. The lowest BCUT2D eigenvalue weighted by Gasteiger charge is -2.32. The maximum atomic E-state index is 14.2. The molecule has 0 saturated carbocycles. The summed E-state index contributed by atoms with van der Waals surface area (Å²) in [7, 11) is -0.324. The minimum atomic E-state index is -3.73. The van der Waals surface area contributed by atoms with Crippen LogP contribution >= 0.6 is 29.2 Å². The Hall–Kier alpha value is -2.60. The molecule has 212 valence electrons. The van der Waals surface area contributed by atoms with Gasteiger partial charge in [-0.15, -0.1) is 0 Å². The number of nitrogens with two attached hydrogens (primary N) is 1. The Labute approximate surface area is 241 Å². The molecule has 3 N–H and O–H groups in total. The summed E-state index contributed by atoms with van der Waals surface area (Å²) in [6.07, 6.45) is 2.76. The monoisotopic (exact) mass is 601 g/mol. The number of fused-ring (bicyclic) bond motifs is 1. The van der Waals surface area contributed by atoms with Gasteiger partial charge in [-0.25, -0.2) is 19.5 Å². The number of imidazole rings is 1. The van der Waals surface area contributed by atoms with Crippen molar-refractivity contribution in [3.05, 3.63) is 77.9 Å². The first-order valence-electron chi connectivity index (χ1n) is 12.9. The highest BCUT2D eigenvalue weighted by atomic mass is 33.1. The van der Waals surface area contributed by atoms with Crippen LogP contribution in [-0.4, -0.2) is 48.9 Å². The summed E-state index contributed by atoms with van der Waals surface area (Å²) < 4.78 is 34.3. The number of aromatic nitrogens is 4. The molecule has 0 radical (unpaired) electrons. The fraction of sp³-hybridized carbons (Fsp3) is 0.370. The predicted molar refractivity (Wildman–Crippen MR) is 159 cm³/mol. The normalized spacial score (nSPS) is 19.8. The van der Waals surface area contributed by atoms with Gasteiger partial charge in [0.05, 0.1) is 31.7 Å². The number of nitrogens with zero attached hydrogens (tertiary/aromatic N) is 4. The third-order valence-corrected chi connectivity index (χ3v) is 10.9. The molecule has 1 aliphatic rings. The van der Waals surface area contributed by atoms with Crippen LogP contribution in [-0.2, 0) is 27.0 Å². The lowest BCUT2D eigenvalue weighted by molar-refractivity contribution is 0.0672. The molecule has 0 bridgehead atoms. The maximum absolute atomic E-state index is 14.2. The molecule has 0 amide bonds. The lowest BCUT2D eigenvalue weighted by atomic mass is 10.0. The number of hydrogen-bond donors (Lipinski definition) is 2. The van der Waals surface area contributed by atoms with Gasteiger partial charge >= 0.3 is 7.60 Å². The number of hydrogen-bond acceptors (Lipinski definition) is 11. The summed E-state index contributed by atoms with van der Waals surface area (Å²) in [5.41, 5.74) is 10.0. The summed E-state index contributed by atoms with van der Waals surface area (Å²) in [5.74, 6) is 1.42. The molecule has 2 aromatic heterocycles. The third kappa shape index (κ3) is 6.99. The maximum Gasteiger partial charge on any atom is 0.405 e. The molecule has 40 heavy (non-hydrogen) atoms. The summed E-state index contributed by atoms with van der Waals surface area (Å²) in [4.78, 5) is 12.6. The molecule has 1 aliphatic heterocycles. The first-order valence-corrected chi connectivity index (χ1v) is 17.0. The Bertz CT molecular complexity index is 1490. The third-order valence-electron chi connectivity index (χ3n) is 6.46. The molecule has 1 saturated heterocycles. The fourth-order valence-electron chi connectivity index (χ4n) is 4.43. The standard InChI is InChI=1S/C27H32N5O5PS2/c1-18-7-9-21(10-8-18)36-38(34,17-35-19(2)12-32-16-31-25-26(28)29-15-30-27(25)32)37-22-11-24(40-39-14-22)23-6-4-3-5-20(23)13-33/h3-10,15-16,19,22,24,33H,11-14,17H2,1-2H3,(H2,28,29,30)/t19-,22?,24?,38?/m1/s1. The van der Waals surface area contributed by atoms with Crippen molar-refractivity contribution in [1.29, 1.82) is 0 Å². The van der Waals surface area contributed by atoms with Crippen molar-refractivity contribution < 1.29 is 23.5 Å². The number of anilines is 1. The summed E-state index contributed by atoms with van der Waals surface area (Å²) in [6, 6.07) is 15.2. The van der Waals surface area contributed by atoms with E-state index in [0.717, 1.165) is 16.7 Å². The highest BCUT2D eigenvalue weighted by Gasteiger charge is 2.36. The van der Waals surface area contributed by atoms with Gasteiger partial charge < -0.3 is 24.7 Å². The van der Waals surface area contributed by atoms with E-state index in [9.17, 15) is 9.67 Å². The zero-order valence-corrected chi connectivity index (χ0v) is 24.8. The van der Waals surface area contributed by atoms with Crippen molar-refractivity contribution >= 4 is 46.2 Å². The van der Waals surface area contributed by atoms with Crippen LogP contribution in [0.5, 0.6) is 5.75 Å². The fourth-order valence-corrected chi connectivity index (χ4v) is 9.14. The van der Waals surface area contributed by atoms with E-state index in [4.69, 9.17) is 19.5 Å². The van der Waals surface area contributed by atoms with E-state index in [-0.39, 0.29) is 30.4 Å². The molecular formula is C27H32N5O5PS2. The summed E-state index contributed by atoms with van der Waals surface area (Å²) in [5, 5.41) is 9.91. The van der Waals surface area contributed by atoms with Crippen molar-refractivity contribution in [2.75, 3.05) is 17.8 Å². The first-order chi connectivity index (χ1) is 19.3. The minimum Gasteiger partial charge on any atom is -0.423 e. The first kappa shape index (κ1) is 28.9. The van der Waals surface area contributed by atoms with Crippen LogP contribution < -0.4 is 10.3 Å². The van der Waals surface area contributed by atoms with Gasteiger partial charge in [-0.3, -0.25) is 4.52 Å².